The molecule has 0 fully saturated rings. The van der Waals surface area contributed by atoms with Crippen LogP contribution < -0.4 is 4.74 Å². The molecule has 26 heavy (non-hydrogen) atoms. The molecule has 8 heteroatoms. The van der Waals surface area contributed by atoms with Gasteiger partial charge in [-0.2, -0.15) is 0 Å². The zero-order valence-electron chi connectivity index (χ0n) is 14.1. The van der Waals surface area contributed by atoms with E-state index in [-0.39, 0.29) is 6.61 Å². The second-order valence-corrected chi connectivity index (χ2v) is 6.42. The SMILES string of the molecule is COC(=O)c1cc(C)n(-c2ncc(Br)cc2OCc2cncc(F)c2)c1. The zero-order chi connectivity index (χ0) is 18.7. The average Bonchev–Trinajstić information content (AvgIpc) is 3.01. The molecule has 134 valence electrons. The maximum atomic E-state index is 13.3. The van der Waals surface area contributed by atoms with Crippen LogP contribution in [0, 0.1) is 12.7 Å². The molecule has 0 aliphatic rings. The number of methoxy groups -OCH3 is 1. The van der Waals surface area contributed by atoms with Gasteiger partial charge in [-0.15, -0.1) is 0 Å². The fraction of sp³-hybridized carbons (Fsp3) is 0.167. The first-order valence-electron chi connectivity index (χ1n) is 7.63. The van der Waals surface area contributed by atoms with Gasteiger partial charge < -0.3 is 14.0 Å². The quantitative estimate of drug-likeness (QED) is 0.587. The van der Waals surface area contributed by atoms with Gasteiger partial charge in [0.1, 0.15) is 12.4 Å². The number of nitrogens with zero attached hydrogens (tertiary/aromatic N) is 3. The Kier molecular flexibility index (Phi) is 5.32. The molecule has 0 saturated carbocycles. The van der Waals surface area contributed by atoms with E-state index in [4.69, 9.17) is 9.47 Å². The zero-order valence-corrected chi connectivity index (χ0v) is 15.7. The van der Waals surface area contributed by atoms with Crippen LogP contribution in [0.5, 0.6) is 5.75 Å². The van der Waals surface area contributed by atoms with Crippen molar-refractivity contribution in [3.63, 3.8) is 0 Å². The van der Waals surface area contributed by atoms with E-state index in [1.165, 1.54) is 19.4 Å². The van der Waals surface area contributed by atoms with E-state index in [2.05, 4.69) is 25.9 Å². The summed E-state index contributed by atoms with van der Waals surface area (Å²) in [5, 5.41) is 0. The van der Waals surface area contributed by atoms with Crippen molar-refractivity contribution in [2.75, 3.05) is 7.11 Å². The highest BCUT2D eigenvalue weighted by atomic mass is 79.9. The van der Waals surface area contributed by atoms with Gasteiger partial charge >= 0.3 is 5.97 Å². The highest BCUT2D eigenvalue weighted by Crippen LogP contribution is 2.27. The smallest absolute Gasteiger partial charge is 0.339 e. The number of esters is 1. The summed E-state index contributed by atoms with van der Waals surface area (Å²) in [5.41, 5.74) is 1.79. The van der Waals surface area contributed by atoms with Crippen LogP contribution in [0.2, 0.25) is 0 Å². The number of ether oxygens (including phenoxy) is 2. The number of pyridine rings is 2. The fourth-order valence-corrected chi connectivity index (χ4v) is 2.74. The van der Waals surface area contributed by atoms with Gasteiger partial charge in [-0.1, -0.05) is 0 Å². The standard InChI is InChI=1S/C18H15BrFN3O3/c1-11-3-13(18(24)25-2)9-23(11)17-16(5-14(19)7-22-17)26-10-12-4-15(20)8-21-6-12/h3-9H,10H2,1-2H3. The predicted octanol–water partition coefficient (Wildman–Crippen LogP) is 3.84. The number of aryl methyl sites for hydroxylation is 1. The summed E-state index contributed by atoms with van der Waals surface area (Å²) in [6.07, 6.45) is 5.93. The molecule has 3 heterocycles. The van der Waals surface area contributed by atoms with Crippen LogP contribution in [0.1, 0.15) is 21.6 Å². The molecule has 0 radical (unpaired) electrons. The molecular formula is C18H15BrFN3O3. The van der Waals surface area contributed by atoms with E-state index in [0.29, 0.717) is 22.7 Å². The molecule has 3 aromatic rings. The molecule has 3 aromatic heterocycles. The second kappa shape index (κ2) is 7.65. The number of rotatable bonds is 5. The average molecular weight is 420 g/mol. The predicted molar refractivity (Wildman–Crippen MR) is 95.9 cm³/mol. The molecular weight excluding hydrogens is 405 g/mol. The molecule has 6 nitrogen and oxygen atoms in total. The minimum atomic E-state index is -0.433. The Labute approximate surface area is 157 Å². The Morgan fingerprint density at radius 3 is 2.81 bits per heavy atom. The molecule has 0 amide bonds. The molecule has 0 atom stereocenters. The number of carbonyl (C=O) groups is 1. The van der Waals surface area contributed by atoms with Crippen LogP contribution in [-0.2, 0) is 11.3 Å². The van der Waals surface area contributed by atoms with Crippen molar-refractivity contribution in [3.05, 3.63) is 70.1 Å². The van der Waals surface area contributed by atoms with Gasteiger partial charge in [0.05, 0.1) is 18.9 Å². The van der Waals surface area contributed by atoms with Gasteiger partial charge in [0.25, 0.3) is 0 Å². The third-order valence-electron chi connectivity index (χ3n) is 3.62. The lowest BCUT2D eigenvalue weighted by atomic mass is 10.3. The first-order chi connectivity index (χ1) is 12.5. The van der Waals surface area contributed by atoms with Gasteiger partial charge in [0.15, 0.2) is 11.6 Å². The molecule has 0 aliphatic heterocycles. The van der Waals surface area contributed by atoms with Crippen LogP contribution in [0.25, 0.3) is 5.82 Å². The number of aromatic nitrogens is 3. The van der Waals surface area contributed by atoms with E-state index < -0.39 is 11.8 Å². The van der Waals surface area contributed by atoms with Gasteiger partial charge in [-0.05, 0) is 41.1 Å². The molecule has 3 rings (SSSR count). The normalized spacial score (nSPS) is 10.6. The van der Waals surface area contributed by atoms with E-state index in [9.17, 15) is 9.18 Å². The first-order valence-corrected chi connectivity index (χ1v) is 8.42. The molecule has 0 N–H and O–H groups in total. The van der Waals surface area contributed by atoms with Gasteiger partial charge in [-0.3, -0.25) is 4.98 Å². The highest BCUT2D eigenvalue weighted by molar-refractivity contribution is 9.10. The van der Waals surface area contributed by atoms with Gasteiger partial charge in [-0.25, -0.2) is 14.2 Å². The summed E-state index contributed by atoms with van der Waals surface area (Å²) in [7, 11) is 1.33. The molecule has 0 saturated heterocycles. The Balaban J connectivity index is 1.93. The van der Waals surface area contributed by atoms with Crippen molar-refractivity contribution < 1.29 is 18.7 Å². The van der Waals surface area contributed by atoms with Crippen molar-refractivity contribution in [2.45, 2.75) is 13.5 Å². The summed E-state index contributed by atoms with van der Waals surface area (Å²) in [6.45, 7) is 1.97. The number of hydrogen-bond acceptors (Lipinski definition) is 5. The first kappa shape index (κ1) is 18.1. The second-order valence-electron chi connectivity index (χ2n) is 5.51. The Hall–Kier alpha value is -2.74. The minimum absolute atomic E-state index is 0.125. The lowest BCUT2D eigenvalue weighted by Crippen LogP contribution is -2.05. The highest BCUT2D eigenvalue weighted by Gasteiger charge is 2.16. The number of carbonyl (C=O) groups excluding carboxylic acids is 1. The number of hydrogen-bond donors (Lipinski definition) is 0. The molecule has 0 aliphatic carbocycles. The minimum Gasteiger partial charge on any atom is -0.485 e. The largest absolute Gasteiger partial charge is 0.485 e. The molecule has 0 unspecified atom stereocenters. The van der Waals surface area contributed by atoms with E-state index in [0.717, 1.165) is 16.4 Å². The van der Waals surface area contributed by atoms with Crippen LogP contribution in [0.4, 0.5) is 4.39 Å². The van der Waals surface area contributed by atoms with Crippen LogP contribution in [-0.4, -0.2) is 27.6 Å². The Bertz CT molecular complexity index is 959. The van der Waals surface area contributed by atoms with Crippen molar-refractivity contribution in [3.8, 4) is 11.6 Å². The Morgan fingerprint density at radius 1 is 1.27 bits per heavy atom. The summed E-state index contributed by atoms with van der Waals surface area (Å²) in [5.74, 6) is 0.115. The van der Waals surface area contributed by atoms with Crippen LogP contribution in [0.3, 0.4) is 0 Å². The van der Waals surface area contributed by atoms with Gasteiger partial charge in [0, 0.05) is 34.3 Å². The fourth-order valence-electron chi connectivity index (χ4n) is 2.43. The lowest BCUT2D eigenvalue weighted by molar-refractivity contribution is 0.0601. The van der Waals surface area contributed by atoms with Crippen molar-refractivity contribution in [1.82, 2.24) is 14.5 Å². The summed E-state index contributed by atoms with van der Waals surface area (Å²) in [6, 6.07) is 4.82. The van der Waals surface area contributed by atoms with Gasteiger partial charge in [0.2, 0.25) is 0 Å². The Morgan fingerprint density at radius 2 is 2.08 bits per heavy atom. The van der Waals surface area contributed by atoms with Crippen LogP contribution >= 0.6 is 15.9 Å². The topological polar surface area (TPSA) is 66.2 Å². The van der Waals surface area contributed by atoms with Crippen molar-refractivity contribution in [1.29, 1.82) is 0 Å². The van der Waals surface area contributed by atoms with E-state index in [1.807, 2.05) is 6.92 Å². The maximum absolute atomic E-state index is 13.3. The van der Waals surface area contributed by atoms with E-state index in [1.54, 1.807) is 29.1 Å². The monoisotopic (exact) mass is 419 g/mol. The third kappa shape index (κ3) is 3.91. The molecule has 0 aromatic carbocycles. The summed E-state index contributed by atoms with van der Waals surface area (Å²) < 4.78 is 26.3. The maximum Gasteiger partial charge on any atom is 0.339 e. The van der Waals surface area contributed by atoms with E-state index >= 15 is 0 Å². The number of halogens is 2. The summed E-state index contributed by atoms with van der Waals surface area (Å²) >= 11 is 3.37. The van der Waals surface area contributed by atoms with Crippen molar-refractivity contribution in [2.24, 2.45) is 0 Å². The van der Waals surface area contributed by atoms with Crippen LogP contribution in [0.15, 0.2) is 47.5 Å². The third-order valence-corrected chi connectivity index (χ3v) is 4.05. The lowest BCUT2D eigenvalue weighted by Gasteiger charge is -2.13. The summed E-state index contributed by atoms with van der Waals surface area (Å²) in [4.78, 5) is 19.9. The van der Waals surface area contributed by atoms with Crippen molar-refractivity contribution >= 4 is 21.9 Å². The molecule has 0 spiro atoms. The molecule has 0 bridgehead atoms.